The third-order valence-corrected chi connectivity index (χ3v) is 6.83. The lowest BCUT2D eigenvalue weighted by atomic mass is 9.90. The molecule has 2 unspecified atom stereocenters. The van der Waals surface area contributed by atoms with Gasteiger partial charge >= 0.3 is 0 Å². The number of methoxy groups -OCH3 is 1. The van der Waals surface area contributed by atoms with E-state index in [1.54, 1.807) is 7.11 Å². The molecule has 36 heavy (non-hydrogen) atoms. The van der Waals surface area contributed by atoms with E-state index in [-0.39, 0.29) is 12.0 Å². The molecule has 0 bridgehead atoms. The Balaban J connectivity index is 1.47. The number of nitrogens with one attached hydrogen (secondary N) is 1. The smallest absolute Gasteiger partial charge is 0.251 e. The quantitative estimate of drug-likeness (QED) is 0.372. The van der Waals surface area contributed by atoms with Crippen molar-refractivity contribution >= 4 is 11.6 Å². The number of anilines is 1. The van der Waals surface area contributed by atoms with Crippen molar-refractivity contribution in [2.45, 2.75) is 44.6 Å². The average molecular weight is 491 g/mol. The second kappa shape index (κ2) is 12.2. The number of amides is 1. The number of carbonyl (C=O) groups is 1. The Morgan fingerprint density at radius 2 is 1.89 bits per heavy atom. The molecule has 0 fully saturated rings. The summed E-state index contributed by atoms with van der Waals surface area (Å²) in [6.45, 7) is 4.17. The van der Waals surface area contributed by atoms with Crippen LogP contribution < -0.4 is 14.8 Å². The second-order valence-corrected chi connectivity index (χ2v) is 9.81. The molecule has 1 aliphatic heterocycles. The minimum Gasteiger partial charge on any atom is -0.493 e. The standard InChI is InChI=1S/C30H38N2O4/c1-21-6-8-22(9-7-21)23-10-13-25-26(16-19-36-27(25)14-11-23)30(33)31-24-12-15-28(34-4)29(20-24)35-18-5-17-32(2)3/h6-9,11-12,14-15,20,23,27H,5,10,13,16-19H2,1-4H3,(H,31,33). The number of hydrogen-bond acceptors (Lipinski definition) is 5. The molecule has 6 heteroatoms. The number of allylic oxidation sites excluding steroid dienone is 1. The number of nitrogens with zero attached hydrogens (tertiary/aromatic N) is 1. The van der Waals surface area contributed by atoms with Crippen LogP contribution in [0.4, 0.5) is 5.69 Å². The molecule has 6 nitrogen and oxygen atoms in total. The molecule has 1 aliphatic carbocycles. The van der Waals surface area contributed by atoms with Gasteiger partial charge in [0.2, 0.25) is 0 Å². The first kappa shape index (κ1) is 26.0. The van der Waals surface area contributed by atoms with Crippen LogP contribution in [0.2, 0.25) is 0 Å². The molecular weight excluding hydrogens is 452 g/mol. The Hall–Kier alpha value is -3.09. The highest BCUT2D eigenvalue weighted by Gasteiger charge is 2.29. The van der Waals surface area contributed by atoms with E-state index in [1.165, 1.54) is 11.1 Å². The van der Waals surface area contributed by atoms with Crippen LogP contribution in [-0.2, 0) is 9.53 Å². The van der Waals surface area contributed by atoms with Crippen LogP contribution in [0, 0.1) is 6.92 Å². The lowest BCUT2D eigenvalue weighted by Crippen LogP contribution is -2.27. The lowest BCUT2D eigenvalue weighted by molar-refractivity contribution is -0.113. The monoisotopic (exact) mass is 490 g/mol. The van der Waals surface area contributed by atoms with Gasteiger partial charge in [0.15, 0.2) is 11.5 Å². The number of fused-ring (bicyclic) bond motifs is 1. The fourth-order valence-corrected chi connectivity index (χ4v) is 4.82. The van der Waals surface area contributed by atoms with Crippen LogP contribution in [-0.4, -0.2) is 57.9 Å². The summed E-state index contributed by atoms with van der Waals surface area (Å²) >= 11 is 0. The van der Waals surface area contributed by atoms with E-state index in [0.29, 0.717) is 42.7 Å². The van der Waals surface area contributed by atoms with E-state index >= 15 is 0 Å². The van der Waals surface area contributed by atoms with Crippen LogP contribution >= 0.6 is 0 Å². The van der Waals surface area contributed by atoms with Gasteiger partial charge in [0.1, 0.15) is 0 Å². The van der Waals surface area contributed by atoms with Gasteiger partial charge in [-0.25, -0.2) is 0 Å². The van der Waals surface area contributed by atoms with Crippen molar-refractivity contribution in [2.75, 3.05) is 46.3 Å². The molecule has 2 atom stereocenters. The predicted molar refractivity (Wildman–Crippen MR) is 144 cm³/mol. The van der Waals surface area contributed by atoms with E-state index in [1.807, 2.05) is 32.3 Å². The Kier molecular flexibility index (Phi) is 8.83. The summed E-state index contributed by atoms with van der Waals surface area (Å²) in [6.07, 6.45) is 7.55. The van der Waals surface area contributed by atoms with Crippen molar-refractivity contribution in [3.05, 3.63) is 76.9 Å². The Labute approximate surface area is 214 Å². The first-order valence-corrected chi connectivity index (χ1v) is 12.8. The summed E-state index contributed by atoms with van der Waals surface area (Å²) in [5.41, 5.74) is 5.19. The average Bonchev–Trinajstić information content (AvgIpc) is 3.10. The van der Waals surface area contributed by atoms with Gasteiger partial charge in [-0.3, -0.25) is 4.79 Å². The maximum Gasteiger partial charge on any atom is 0.251 e. The highest BCUT2D eigenvalue weighted by Crippen LogP contribution is 2.36. The molecule has 2 aromatic carbocycles. The minimum absolute atomic E-state index is 0.0655. The van der Waals surface area contributed by atoms with Gasteiger partial charge in [-0.1, -0.05) is 42.0 Å². The SMILES string of the molecule is COc1ccc(NC(=O)C2=C3CCC(c4ccc(C)cc4)C=CC3OCC2)cc1OCCCN(C)C. The second-order valence-electron chi connectivity index (χ2n) is 9.81. The first-order valence-electron chi connectivity index (χ1n) is 12.8. The molecule has 0 saturated carbocycles. The fourth-order valence-electron chi connectivity index (χ4n) is 4.82. The van der Waals surface area contributed by atoms with Crippen LogP contribution in [0.5, 0.6) is 11.5 Å². The molecule has 192 valence electrons. The number of benzene rings is 2. The summed E-state index contributed by atoms with van der Waals surface area (Å²) in [6, 6.07) is 14.2. The molecule has 0 radical (unpaired) electrons. The molecule has 0 aromatic heterocycles. The highest BCUT2D eigenvalue weighted by atomic mass is 16.5. The Morgan fingerprint density at radius 3 is 2.64 bits per heavy atom. The summed E-state index contributed by atoms with van der Waals surface area (Å²) < 4.78 is 17.5. The zero-order valence-corrected chi connectivity index (χ0v) is 21.9. The normalized spacial score (nSPS) is 19.6. The van der Waals surface area contributed by atoms with Crippen molar-refractivity contribution in [1.29, 1.82) is 0 Å². The number of carbonyl (C=O) groups excluding carboxylic acids is 1. The van der Waals surface area contributed by atoms with Gasteiger partial charge in [0.25, 0.3) is 5.91 Å². The van der Waals surface area contributed by atoms with Crippen molar-refractivity contribution in [3.8, 4) is 11.5 Å². The number of ether oxygens (including phenoxy) is 3. The number of hydrogen-bond donors (Lipinski definition) is 1. The minimum atomic E-state index is -0.138. The highest BCUT2D eigenvalue weighted by molar-refractivity contribution is 6.04. The van der Waals surface area contributed by atoms with Crippen LogP contribution in [0.25, 0.3) is 0 Å². The van der Waals surface area contributed by atoms with Crippen molar-refractivity contribution in [3.63, 3.8) is 0 Å². The summed E-state index contributed by atoms with van der Waals surface area (Å²) in [4.78, 5) is 15.5. The predicted octanol–water partition coefficient (Wildman–Crippen LogP) is 5.49. The Bertz CT molecular complexity index is 1100. The largest absolute Gasteiger partial charge is 0.493 e. The molecule has 0 saturated heterocycles. The molecule has 2 aliphatic rings. The molecular formula is C30H38N2O4. The third kappa shape index (κ3) is 6.56. The van der Waals surface area contributed by atoms with Crippen molar-refractivity contribution in [2.24, 2.45) is 0 Å². The topological polar surface area (TPSA) is 60.0 Å². The summed E-state index contributed by atoms with van der Waals surface area (Å²) in [5, 5.41) is 3.09. The number of rotatable bonds is 9. The maximum absolute atomic E-state index is 13.4. The summed E-state index contributed by atoms with van der Waals surface area (Å²) in [5.74, 6) is 1.55. The van der Waals surface area contributed by atoms with Crippen LogP contribution in [0.3, 0.4) is 0 Å². The lowest BCUT2D eigenvalue weighted by Gasteiger charge is -2.26. The summed E-state index contributed by atoms with van der Waals surface area (Å²) in [7, 11) is 5.71. The van der Waals surface area contributed by atoms with E-state index in [4.69, 9.17) is 14.2 Å². The van der Waals surface area contributed by atoms with Gasteiger partial charge in [-0.05, 0) is 63.6 Å². The molecule has 1 N–H and O–H groups in total. The fraction of sp³-hybridized carbons (Fsp3) is 0.433. The molecule has 1 heterocycles. The van der Waals surface area contributed by atoms with E-state index < -0.39 is 0 Å². The van der Waals surface area contributed by atoms with E-state index in [9.17, 15) is 4.79 Å². The Morgan fingerprint density at radius 1 is 1.08 bits per heavy atom. The first-order chi connectivity index (χ1) is 17.4. The van der Waals surface area contributed by atoms with Crippen LogP contribution in [0.1, 0.15) is 42.7 Å². The molecule has 1 amide bonds. The van der Waals surface area contributed by atoms with Gasteiger partial charge in [-0.2, -0.15) is 0 Å². The van der Waals surface area contributed by atoms with Crippen molar-refractivity contribution < 1.29 is 19.0 Å². The van der Waals surface area contributed by atoms with Gasteiger partial charge in [0.05, 0.1) is 26.4 Å². The van der Waals surface area contributed by atoms with Gasteiger partial charge < -0.3 is 24.4 Å². The molecule has 4 rings (SSSR count). The maximum atomic E-state index is 13.4. The van der Waals surface area contributed by atoms with Gasteiger partial charge in [0, 0.05) is 36.2 Å². The van der Waals surface area contributed by atoms with Crippen molar-refractivity contribution in [1.82, 2.24) is 4.90 Å². The zero-order valence-electron chi connectivity index (χ0n) is 21.9. The number of aryl methyl sites for hydroxylation is 1. The third-order valence-electron chi connectivity index (χ3n) is 6.83. The van der Waals surface area contributed by atoms with Gasteiger partial charge in [-0.15, -0.1) is 0 Å². The molecule has 2 aromatic rings. The molecule has 0 spiro atoms. The van der Waals surface area contributed by atoms with E-state index in [0.717, 1.165) is 37.0 Å². The van der Waals surface area contributed by atoms with Crippen LogP contribution in [0.15, 0.2) is 65.8 Å². The zero-order chi connectivity index (χ0) is 25.5. The van der Waals surface area contributed by atoms with E-state index in [2.05, 4.69) is 53.6 Å².